The highest BCUT2D eigenvalue weighted by molar-refractivity contribution is 8.00. The zero-order valence-electron chi connectivity index (χ0n) is 14.8. The molecule has 1 fully saturated rings. The van der Waals surface area contributed by atoms with E-state index in [9.17, 15) is 4.79 Å². The molecule has 8 heteroatoms. The van der Waals surface area contributed by atoms with Crippen molar-refractivity contribution in [2.75, 3.05) is 6.61 Å². The maximum absolute atomic E-state index is 13.1. The van der Waals surface area contributed by atoms with Gasteiger partial charge in [0.05, 0.1) is 17.9 Å². The number of H-pyrrole nitrogens is 1. The van der Waals surface area contributed by atoms with Crippen molar-refractivity contribution in [3.8, 4) is 0 Å². The summed E-state index contributed by atoms with van der Waals surface area (Å²) in [4.78, 5) is 16.4. The van der Waals surface area contributed by atoms with Crippen LogP contribution in [0.4, 0.5) is 0 Å². The summed E-state index contributed by atoms with van der Waals surface area (Å²) in [6.45, 7) is 5.26. The number of hydrogen-bond acceptors (Lipinski definition) is 6. The SMILES string of the molecule is Cc1[nH]c2ccccc2c1C(=O)[C@@H](C)Sc1nnnn1C[C@@H]1CCCO1. The third-order valence-corrected chi connectivity index (χ3v) is 5.76. The number of carbonyl (C=O) groups is 1. The van der Waals surface area contributed by atoms with Gasteiger partial charge in [-0.25, -0.2) is 4.68 Å². The van der Waals surface area contributed by atoms with Crippen LogP contribution in [0, 0.1) is 6.92 Å². The number of aryl methyl sites for hydroxylation is 1. The van der Waals surface area contributed by atoms with E-state index < -0.39 is 0 Å². The van der Waals surface area contributed by atoms with Gasteiger partial charge >= 0.3 is 0 Å². The number of nitrogens with one attached hydrogen (secondary N) is 1. The minimum Gasteiger partial charge on any atom is -0.376 e. The number of ketones is 1. The van der Waals surface area contributed by atoms with E-state index in [1.807, 2.05) is 38.1 Å². The predicted molar refractivity (Wildman–Crippen MR) is 99.5 cm³/mol. The largest absolute Gasteiger partial charge is 0.376 e. The van der Waals surface area contributed by atoms with Crippen LogP contribution in [0.5, 0.6) is 0 Å². The quantitative estimate of drug-likeness (QED) is 0.529. The number of rotatable bonds is 6. The monoisotopic (exact) mass is 371 g/mol. The number of nitrogens with zero attached hydrogens (tertiary/aromatic N) is 4. The zero-order chi connectivity index (χ0) is 18.1. The lowest BCUT2D eigenvalue weighted by Gasteiger charge is -2.12. The van der Waals surface area contributed by atoms with E-state index in [4.69, 9.17) is 4.74 Å². The van der Waals surface area contributed by atoms with Gasteiger partial charge in [0.2, 0.25) is 5.16 Å². The van der Waals surface area contributed by atoms with Gasteiger partial charge in [0, 0.05) is 28.8 Å². The van der Waals surface area contributed by atoms with Gasteiger partial charge in [-0.3, -0.25) is 4.79 Å². The Balaban J connectivity index is 1.53. The summed E-state index contributed by atoms with van der Waals surface area (Å²) in [6.07, 6.45) is 2.25. The fraction of sp³-hybridized carbons (Fsp3) is 0.444. The molecule has 0 unspecified atom stereocenters. The number of aromatic amines is 1. The molecule has 26 heavy (non-hydrogen) atoms. The molecule has 7 nitrogen and oxygen atoms in total. The summed E-state index contributed by atoms with van der Waals surface area (Å²) in [6, 6.07) is 7.88. The van der Waals surface area contributed by atoms with Gasteiger partial charge in [0.25, 0.3) is 0 Å². The topological polar surface area (TPSA) is 85.7 Å². The second-order valence-corrected chi connectivity index (χ2v) is 7.88. The van der Waals surface area contributed by atoms with Crippen molar-refractivity contribution in [1.29, 1.82) is 0 Å². The first-order valence-electron chi connectivity index (χ1n) is 8.79. The number of Topliss-reactive ketones (excluding diaryl/α,β-unsaturated/α-hetero) is 1. The van der Waals surface area contributed by atoms with Crippen molar-refractivity contribution >= 4 is 28.4 Å². The molecule has 3 aromatic rings. The Kier molecular flexibility index (Phi) is 4.78. The summed E-state index contributed by atoms with van der Waals surface area (Å²) in [5.41, 5.74) is 2.62. The third-order valence-electron chi connectivity index (χ3n) is 4.69. The molecule has 0 spiro atoms. The van der Waals surface area contributed by atoms with Crippen molar-refractivity contribution < 1.29 is 9.53 Å². The van der Waals surface area contributed by atoms with E-state index in [0.29, 0.717) is 11.7 Å². The van der Waals surface area contributed by atoms with Crippen LogP contribution in [0.1, 0.15) is 35.8 Å². The van der Waals surface area contributed by atoms with Crippen molar-refractivity contribution in [3.63, 3.8) is 0 Å². The van der Waals surface area contributed by atoms with Gasteiger partial charge in [-0.1, -0.05) is 30.0 Å². The van der Waals surface area contributed by atoms with E-state index in [1.165, 1.54) is 11.8 Å². The van der Waals surface area contributed by atoms with Gasteiger partial charge in [-0.05, 0) is 43.2 Å². The third kappa shape index (κ3) is 3.26. The highest BCUT2D eigenvalue weighted by Crippen LogP contribution is 2.29. The molecule has 0 radical (unpaired) electrons. The summed E-state index contributed by atoms with van der Waals surface area (Å²) in [7, 11) is 0. The van der Waals surface area contributed by atoms with Crippen LogP contribution < -0.4 is 0 Å². The molecule has 0 amide bonds. The number of aromatic nitrogens is 5. The Hall–Kier alpha value is -2.19. The van der Waals surface area contributed by atoms with Crippen molar-refractivity contribution in [3.05, 3.63) is 35.5 Å². The van der Waals surface area contributed by atoms with Crippen LogP contribution in [-0.4, -0.2) is 48.9 Å². The molecular formula is C18H21N5O2S. The summed E-state index contributed by atoms with van der Waals surface area (Å²) >= 11 is 1.39. The molecule has 1 saturated heterocycles. The first-order chi connectivity index (χ1) is 12.6. The van der Waals surface area contributed by atoms with Crippen LogP contribution in [0.2, 0.25) is 0 Å². The molecule has 136 valence electrons. The lowest BCUT2D eigenvalue weighted by atomic mass is 10.1. The number of carbonyl (C=O) groups excluding carboxylic acids is 1. The van der Waals surface area contributed by atoms with Crippen LogP contribution in [-0.2, 0) is 11.3 Å². The Morgan fingerprint density at radius 1 is 1.46 bits per heavy atom. The maximum atomic E-state index is 13.1. The van der Waals surface area contributed by atoms with Gasteiger partial charge in [0.15, 0.2) is 5.78 Å². The molecule has 2 aromatic heterocycles. The summed E-state index contributed by atoms with van der Waals surface area (Å²) < 4.78 is 7.40. The first kappa shape index (κ1) is 17.2. The number of fused-ring (bicyclic) bond motifs is 1. The van der Waals surface area contributed by atoms with Crippen LogP contribution in [0.15, 0.2) is 29.4 Å². The molecule has 3 heterocycles. The van der Waals surface area contributed by atoms with Crippen LogP contribution in [0.25, 0.3) is 10.9 Å². The lowest BCUT2D eigenvalue weighted by Crippen LogP contribution is -2.19. The fourth-order valence-electron chi connectivity index (χ4n) is 3.39. The zero-order valence-corrected chi connectivity index (χ0v) is 15.6. The molecule has 0 aliphatic carbocycles. The number of hydrogen-bond donors (Lipinski definition) is 1. The molecule has 4 rings (SSSR count). The predicted octanol–water partition coefficient (Wildman–Crippen LogP) is 3.01. The van der Waals surface area contributed by atoms with E-state index in [2.05, 4.69) is 20.5 Å². The highest BCUT2D eigenvalue weighted by atomic mass is 32.2. The molecule has 1 N–H and O–H groups in total. The highest BCUT2D eigenvalue weighted by Gasteiger charge is 2.25. The molecule has 1 aromatic carbocycles. The van der Waals surface area contributed by atoms with Gasteiger partial charge in [-0.15, -0.1) is 5.10 Å². The molecular weight excluding hydrogens is 350 g/mol. The summed E-state index contributed by atoms with van der Waals surface area (Å²) in [5.74, 6) is 0.0802. The maximum Gasteiger partial charge on any atom is 0.210 e. The Bertz CT molecular complexity index is 929. The number of thioether (sulfide) groups is 1. The van der Waals surface area contributed by atoms with Gasteiger partial charge in [0.1, 0.15) is 0 Å². The van der Waals surface area contributed by atoms with E-state index in [0.717, 1.165) is 41.6 Å². The second kappa shape index (κ2) is 7.20. The van der Waals surface area contributed by atoms with Crippen molar-refractivity contribution in [1.82, 2.24) is 25.2 Å². The molecule has 2 atom stereocenters. The van der Waals surface area contributed by atoms with E-state index >= 15 is 0 Å². The van der Waals surface area contributed by atoms with Gasteiger partial charge < -0.3 is 9.72 Å². The Morgan fingerprint density at radius 3 is 3.12 bits per heavy atom. The Labute approximate surface area is 155 Å². The first-order valence-corrected chi connectivity index (χ1v) is 9.67. The average Bonchev–Trinajstić information content (AvgIpc) is 3.35. The minimum atomic E-state index is -0.290. The Morgan fingerprint density at radius 2 is 2.31 bits per heavy atom. The summed E-state index contributed by atoms with van der Waals surface area (Å²) in [5, 5.41) is 13.3. The van der Waals surface area contributed by atoms with E-state index in [1.54, 1.807) is 4.68 Å². The lowest BCUT2D eigenvalue weighted by molar-refractivity contribution is 0.0911. The van der Waals surface area contributed by atoms with Crippen LogP contribution in [0.3, 0.4) is 0 Å². The fourth-order valence-corrected chi connectivity index (χ4v) is 4.24. The minimum absolute atomic E-state index is 0.0802. The van der Waals surface area contributed by atoms with E-state index in [-0.39, 0.29) is 17.1 Å². The number of ether oxygens (including phenoxy) is 1. The second-order valence-electron chi connectivity index (χ2n) is 6.57. The smallest absolute Gasteiger partial charge is 0.210 e. The number of benzene rings is 1. The van der Waals surface area contributed by atoms with Crippen molar-refractivity contribution in [2.24, 2.45) is 0 Å². The molecule has 1 aliphatic heterocycles. The number of para-hydroxylation sites is 1. The molecule has 0 saturated carbocycles. The average molecular weight is 371 g/mol. The standard InChI is InChI=1S/C18H21N5O2S/c1-11-16(14-7-3-4-8-15(14)19-11)17(24)12(2)26-18-20-21-22-23(18)10-13-6-5-9-25-13/h3-4,7-8,12-13,19H,5-6,9-10H2,1-2H3/t12-,13+/m1/s1. The molecule has 1 aliphatic rings. The number of tetrazole rings is 1. The molecule has 0 bridgehead atoms. The normalized spacial score (nSPS) is 18.5. The van der Waals surface area contributed by atoms with Gasteiger partial charge in [-0.2, -0.15) is 0 Å². The van der Waals surface area contributed by atoms with Crippen LogP contribution >= 0.6 is 11.8 Å². The van der Waals surface area contributed by atoms with Crippen molar-refractivity contribution in [2.45, 2.75) is 49.7 Å².